The molecule has 0 aliphatic rings. The Hall–Kier alpha value is -3.62. The number of nitrogens with two attached hydrogens (primary N) is 1. The number of fused-ring (bicyclic) bond motifs is 1. The summed E-state index contributed by atoms with van der Waals surface area (Å²) in [5, 5.41) is 7.48. The van der Waals surface area contributed by atoms with Crippen LogP contribution >= 0.6 is 0 Å². The number of aromatic nitrogens is 5. The van der Waals surface area contributed by atoms with Crippen molar-refractivity contribution in [1.29, 1.82) is 0 Å². The molecule has 0 aliphatic heterocycles. The van der Waals surface area contributed by atoms with E-state index < -0.39 is 0 Å². The van der Waals surface area contributed by atoms with E-state index in [2.05, 4.69) is 20.3 Å². The van der Waals surface area contributed by atoms with Gasteiger partial charge in [0, 0.05) is 38.5 Å². The lowest BCUT2D eigenvalue weighted by Crippen LogP contribution is -2.08. The molecule has 0 saturated carbocycles. The summed E-state index contributed by atoms with van der Waals surface area (Å²) >= 11 is 0. The van der Waals surface area contributed by atoms with E-state index >= 15 is 0 Å². The number of nitrogens with zero attached hydrogens (tertiary/aromatic N) is 6. The van der Waals surface area contributed by atoms with Crippen LogP contribution in [-0.2, 0) is 6.54 Å². The predicted molar refractivity (Wildman–Crippen MR) is 102 cm³/mol. The fraction of sp³-hybridized carbons (Fsp3) is 0.222. The minimum Gasteiger partial charge on any atom is -0.439 e. The maximum absolute atomic E-state index is 5.95. The third-order valence-corrected chi connectivity index (χ3v) is 4.21. The molecule has 0 fully saturated rings. The molecule has 0 saturated heterocycles. The molecule has 9 heteroatoms. The number of nitrogen functional groups attached to an aromatic ring is 1. The van der Waals surface area contributed by atoms with Gasteiger partial charge in [0.2, 0.25) is 5.88 Å². The molecule has 9 nitrogen and oxygen atoms in total. The highest BCUT2D eigenvalue weighted by Crippen LogP contribution is 2.30. The van der Waals surface area contributed by atoms with E-state index in [1.54, 1.807) is 6.20 Å². The SMILES string of the molecule is CCn1c(-c2nonc2N)nc2cnc(Oc3cccc(N(C)C)c3)cc21. The summed E-state index contributed by atoms with van der Waals surface area (Å²) in [5.41, 5.74) is 8.86. The van der Waals surface area contributed by atoms with Gasteiger partial charge in [-0.2, -0.15) is 0 Å². The van der Waals surface area contributed by atoms with Crippen LogP contribution in [0, 0.1) is 0 Å². The van der Waals surface area contributed by atoms with Crippen molar-refractivity contribution in [3.8, 4) is 23.1 Å². The lowest BCUT2D eigenvalue weighted by Gasteiger charge is -2.13. The van der Waals surface area contributed by atoms with Gasteiger partial charge < -0.3 is 19.9 Å². The molecule has 27 heavy (non-hydrogen) atoms. The average molecular weight is 365 g/mol. The lowest BCUT2D eigenvalue weighted by atomic mass is 10.3. The molecule has 0 bridgehead atoms. The second kappa shape index (κ2) is 6.60. The van der Waals surface area contributed by atoms with Crippen molar-refractivity contribution in [1.82, 2.24) is 24.8 Å². The first kappa shape index (κ1) is 16.8. The van der Waals surface area contributed by atoms with Crippen LogP contribution in [0.3, 0.4) is 0 Å². The molecule has 0 spiro atoms. The van der Waals surface area contributed by atoms with E-state index in [1.807, 2.05) is 60.8 Å². The zero-order valence-corrected chi connectivity index (χ0v) is 15.2. The van der Waals surface area contributed by atoms with Crippen LogP contribution < -0.4 is 15.4 Å². The predicted octanol–water partition coefficient (Wildman–Crippen LogP) is 2.94. The summed E-state index contributed by atoms with van der Waals surface area (Å²) in [5.74, 6) is 1.97. The van der Waals surface area contributed by atoms with Crippen molar-refractivity contribution >= 4 is 22.5 Å². The van der Waals surface area contributed by atoms with Crippen LogP contribution in [0.1, 0.15) is 6.92 Å². The van der Waals surface area contributed by atoms with Crippen molar-refractivity contribution in [2.45, 2.75) is 13.5 Å². The number of imidazole rings is 1. The second-order valence-electron chi connectivity index (χ2n) is 6.18. The van der Waals surface area contributed by atoms with Gasteiger partial charge in [-0.1, -0.05) is 6.07 Å². The monoisotopic (exact) mass is 365 g/mol. The van der Waals surface area contributed by atoms with Gasteiger partial charge in [0.25, 0.3) is 0 Å². The maximum atomic E-state index is 5.95. The highest BCUT2D eigenvalue weighted by atomic mass is 16.6. The molecule has 4 rings (SSSR count). The smallest absolute Gasteiger partial charge is 0.221 e. The molecule has 4 aromatic rings. The van der Waals surface area contributed by atoms with Crippen LogP contribution in [-0.4, -0.2) is 38.9 Å². The van der Waals surface area contributed by atoms with E-state index in [-0.39, 0.29) is 5.82 Å². The summed E-state index contributed by atoms with van der Waals surface area (Å²) in [4.78, 5) is 10.9. The molecule has 0 atom stereocenters. The van der Waals surface area contributed by atoms with E-state index in [4.69, 9.17) is 15.1 Å². The van der Waals surface area contributed by atoms with Gasteiger partial charge in [0.1, 0.15) is 11.3 Å². The van der Waals surface area contributed by atoms with Crippen LogP contribution in [0.25, 0.3) is 22.6 Å². The molecule has 0 amide bonds. The van der Waals surface area contributed by atoms with Crippen molar-refractivity contribution in [2.75, 3.05) is 24.7 Å². The molecule has 1 aromatic carbocycles. The molecule has 2 N–H and O–H groups in total. The number of hydrogen-bond acceptors (Lipinski definition) is 8. The van der Waals surface area contributed by atoms with Crippen LogP contribution in [0.15, 0.2) is 41.2 Å². The van der Waals surface area contributed by atoms with Crippen molar-refractivity contribution in [3.05, 3.63) is 36.5 Å². The van der Waals surface area contributed by atoms with Crippen LogP contribution in [0.2, 0.25) is 0 Å². The van der Waals surface area contributed by atoms with Crippen molar-refractivity contribution in [2.24, 2.45) is 0 Å². The van der Waals surface area contributed by atoms with Gasteiger partial charge in [-0.3, -0.25) is 0 Å². The number of benzene rings is 1. The van der Waals surface area contributed by atoms with Crippen LogP contribution in [0.5, 0.6) is 11.6 Å². The van der Waals surface area contributed by atoms with Gasteiger partial charge in [0.05, 0.1) is 11.7 Å². The Bertz CT molecular complexity index is 1100. The van der Waals surface area contributed by atoms with Gasteiger partial charge in [-0.25, -0.2) is 14.6 Å². The Morgan fingerprint density at radius 3 is 2.78 bits per heavy atom. The molecule has 138 valence electrons. The summed E-state index contributed by atoms with van der Waals surface area (Å²) in [6, 6.07) is 9.65. The summed E-state index contributed by atoms with van der Waals surface area (Å²) in [7, 11) is 3.96. The van der Waals surface area contributed by atoms with E-state index in [1.165, 1.54) is 0 Å². The van der Waals surface area contributed by atoms with E-state index in [9.17, 15) is 0 Å². The fourth-order valence-corrected chi connectivity index (χ4v) is 2.86. The van der Waals surface area contributed by atoms with Gasteiger partial charge in [-0.05, 0) is 29.4 Å². The number of hydrogen-bond donors (Lipinski definition) is 1. The number of aryl methyl sites for hydroxylation is 1. The van der Waals surface area contributed by atoms with Crippen LogP contribution in [0.4, 0.5) is 11.5 Å². The minimum absolute atomic E-state index is 0.199. The first-order chi connectivity index (χ1) is 13.1. The molecular formula is C18H19N7O2. The Morgan fingerprint density at radius 1 is 1.22 bits per heavy atom. The Kier molecular flexibility index (Phi) is 4.11. The quantitative estimate of drug-likeness (QED) is 0.575. The molecule has 0 radical (unpaired) electrons. The van der Waals surface area contributed by atoms with Gasteiger partial charge in [0.15, 0.2) is 17.3 Å². The van der Waals surface area contributed by atoms with Crippen molar-refractivity contribution < 1.29 is 9.37 Å². The maximum Gasteiger partial charge on any atom is 0.221 e. The minimum atomic E-state index is 0.199. The Morgan fingerprint density at radius 2 is 2.07 bits per heavy atom. The number of anilines is 2. The highest BCUT2D eigenvalue weighted by molar-refractivity contribution is 5.81. The van der Waals surface area contributed by atoms with Crippen molar-refractivity contribution in [3.63, 3.8) is 0 Å². The molecule has 3 heterocycles. The lowest BCUT2D eigenvalue weighted by molar-refractivity contribution is 0.310. The summed E-state index contributed by atoms with van der Waals surface area (Å²) < 4.78 is 12.6. The second-order valence-corrected chi connectivity index (χ2v) is 6.18. The first-order valence-electron chi connectivity index (χ1n) is 8.46. The Balaban J connectivity index is 1.74. The Labute approximate surface area is 155 Å². The third-order valence-electron chi connectivity index (χ3n) is 4.21. The normalized spacial score (nSPS) is 11.1. The first-order valence-corrected chi connectivity index (χ1v) is 8.46. The molecule has 0 unspecified atom stereocenters. The molecule has 0 aliphatic carbocycles. The molecule has 3 aromatic heterocycles. The fourth-order valence-electron chi connectivity index (χ4n) is 2.86. The topological polar surface area (TPSA) is 108 Å². The van der Waals surface area contributed by atoms with Gasteiger partial charge in [-0.15, -0.1) is 0 Å². The largest absolute Gasteiger partial charge is 0.439 e. The molecular weight excluding hydrogens is 346 g/mol. The number of pyridine rings is 1. The number of rotatable bonds is 5. The summed E-state index contributed by atoms with van der Waals surface area (Å²) in [6.07, 6.45) is 1.67. The zero-order valence-electron chi connectivity index (χ0n) is 15.2. The zero-order chi connectivity index (χ0) is 19.0. The number of ether oxygens (including phenoxy) is 1. The third kappa shape index (κ3) is 3.03. The van der Waals surface area contributed by atoms with E-state index in [0.29, 0.717) is 35.2 Å². The van der Waals surface area contributed by atoms with E-state index in [0.717, 1.165) is 11.2 Å². The average Bonchev–Trinajstić information content (AvgIpc) is 3.24. The van der Waals surface area contributed by atoms with Gasteiger partial charge >= 0.3 is 0 Å². The highest BCUT2D eigenvalue weighted by Gasteiger charge is 2.19. The summed E-state index contributed by atoms with van der Waals surface area (Å²) in [6.45, 7) is 2.67. The standard InChI is InChI=1S/C18H19N7O2/c1-4-25-14-9-15(26-12-7-5-6-11(8-12)24(2)3)20-10-13(14)21-18(25)16-17(19)23-27-22-16/h5-10H,4H2,1-3H3,(H2,19,23).